The van der Waals surface area contributed by atoms with Crippen LogP contribution in [0.5, 0.6) is 0 Å². The topological polar surface area (TPSA) is 173 Å². The summed E-state index contributed by atoms with van der Waals surface area (Å²) in [6.07, 6.45) is -1.61. The standard InChI is InChI=1S/C35H41N5O6S/c1-22(2)19-27(40-35(45)46-21-24-13-7-4-8-14-24)32(43)38-28(20-23-11-5-3-6-12-23)33(44)37-26(17-18-30(36)41)31(42)34-39-25-15-9-10-16-29(25)47-34/h3-16,22,26-28,31,42H,17-21H2,1-2H3,(H2,36,41)(H,37,44)(H,38,43)(H,40,45)/t26-,27-,28-,31?/m0/s1. The van der Waals surface area contributed by atoms with Crippen LogP contribution in [-0.2, 0) is 32.1 Å². The van der Waals surface area contributed by atoms with Gasteiger partial charge in [-0.1, -0.05) is 86.6 Å². The van der Waals surface area contributed by atoms with E-state index in [4.69, 9.17) is 10.5 Å². The Hall–Kier alpha value is -4.81. The Balaban J connectivity index is 1.52. The van der Waals surface area contributed by atoms with Crippen molar-refractivity contribution in [3.8, 4) is 0 Å². The van der Waals surface area contributed by atoms with Crippen LogP contribution in [0.25, 0.3) is 10.2 Å². The molecule has 3 aromatic carbocycles. The molecule has 11 nitrogen and oxygen atoms in total. The Kier molecular flexibility index (Phi) is 12.8. The van der Waals surface area contributed by atoms with E-state index >= 15 is 0 Å². The average molecular weight is 660 g/mol. The first-order valence-corrected chi connectivity index (χ1v) is 16.3. The Morgan fingerprint density at radius 1 is 0.830 bits per heavy atom. The summed E-state index contributed by atoms with van der Waals surface area (Å²) in [6, 6.07) is 22.7. The largest absolute Gasteiger partial charge is 0.445 e. The number of carbonyl (C=O) groups is 4. The lowest BCUT2D eigenvalue weighted by Crippen LogP contribution is -2.56. The van der Waals surface area contributed by atoms with Crippen LogP contribution in [0.2, 0.25) is 0 Å². The Labute approximate surface area is 277 Å². The third-order valence-corrected chi connectivity index (χ3v) is 8.53. The smallest absolute Gasteiger partial charge is 0.408 e. The lowest BCUT2D eigenvalue weighted by Gasteiger charge is -2.27. The van der Waals surface area contributed by atoms with Crippen LogP contribution in [0.3, 0.4) is 0 Å². The number of primary amides is 1. The first-order valence-electron chi connectivity index (χ1n) is 15.5. The summed E-state index contributed by atoms with van der Waals surface area (Å²) in [6.45, 7) is 3.86. The number of amides is 4. The third-order valence-electron chi connectivity index (χ3n) is 7.42. The summed E-state index contributed by atoms with van der Waals surface area (Å²) in [4.78, 5) is 56.5. The zero-order chi connectivity index (χ0) is 33.8. The number of fused-ring (bicyclic) bond motifs is 1. The fraction of sp³-hybridized carbons (Fsp3) is 0.343. The molecule has 1 heterocycles. The van der Waals surface area contributed by atoms with E-state index in [9.17, 15) is 24.3 Å². The highest BCUT2D eigenvalue weighted by Gasteiger charge is 2.32. The van der Waals surface area contributed by atoms with Crippen molar-refractivity contribution in [1.29, 1.82) is 0 Å². The zero-order valence-electron chi connectivity index (χ0n) is 26.4. The first kappa shape index (κ1) is 35.1. The van der Waals surface area contributed by atoms with E-state index in [0.29, 0.717) is 16.9 Å². The van der Waals surface area contributed by atoms with Crippen LogP contribution in [-0.4, -0.2) is 52.0 Å². The van der Waals surface area contributed by atoms with Crippen LogP contribution < -0.4 is 21.7 Å². The number of nitrogens with one attached hydrogen (secondary N) is 3. The van der Waals surface area contributed by atoms with Crippen LogP contribution in [0.4, 0.5) is 4.79 Å². The number of carbonyl (C=O) groups excluding carboxylic acids is 4. The number of ether oxygens (including phenoxy) is 1. The minimum atomic E-state index is -1.24. The monoisotopic (exact) mass is 659 g/mol. The van der Waals surface area contributed by atoms with Crippen molar-refractivity contribution in [2.45, 2.75) is 70.4 Å². The maximum Gasteiger partial charge on any atom is 0.408 e. The molecule has 4 atom stereocenters. The number of nitrogens with zero attached hydrogens (tertiary/aromatic N) is 1. The van der Waals surface area contributed by atoms with Gasteiger partial charge in [-0.15, -0.1) is 11.3 Å². The van der Waals surface area contributed by atoms with E-state index in [2.05, 4.69) is 20.9 Å². The SMILES string of the molecule is CC(C)C[C@H](NC(=O)OCc1ccccc1)C(=O)N[C@@H](Cc1ccccc1)C(=O)N[C@@H](CCC(N)=O)C(O)c1nc2ccccc2s1. The molecule has 248 valence electrons. The van der Waals surface area contributed by atoms with Gasteiger partial charge >= 0.3 is 6.09 Å². The third kappa shape index (κ3) is 10.9. The molecule has 4 rings (SSSR count). The average Bonchev–Trinajstić information content (AvgIpc) is 3.50. The maximum atomic E-state index is 13.9. The highest BCUT2D eigenvalue weighted by atomic mass is 32.1. The minimum Gasteiger partial charge on any atom is -0.445 e. The fourth-order valence-corrected chi connectivity index (χ4v) is 6.04. The van der Waals surface area contributed by atoms with Gasteiger partial charge in [-0.05, 0) is 42.0 Å². The van der Waals surface area contributed by atoms with Gasteiger partial charge in [0.25, 0.3) is 0 Å². The molecule has 0 aliphatic carbocycles. The van der Waals surface area contributed by atoms with Crippen molar-refractivity contribution < 1.29 is 29.0 Å². The molecule has 0 aliphatic rings. The summed E-state index contributed by atoms with van der Waals surface area (Å²) in [7, 11) is 0. The zero-order valence-corrected chi connectivity index (χ0v) is 27.2. The number of para-hydroxylation sites is 1. The van der Waals surface area contributed by atoms with Gasteiger partial charge in [0, 0.05) is 12.8 Å². The normalized spacial score (nSPS) is 13.7. The van der Waals surface area contributed by atoms with E-state index in [1.807, 2.05) is 98.8 Å². The molecule has 0 aliphatic heterocycles. The van der Waals surface area contributed by atoms with Crippen LogP contribution in [0.1, 0.15) is 55.3 Å². The number of rotatable bonds is 16. The number of aliphatic hydroxyl groups excluding tert-OH is 1. The van der Waals surface area contributed by atoms with Gasteiger partial charge in [-0.25, -0.2) is 9.78 Å². The second-order valence-electron chi connectivity index (χ2n) is 11.7. The molecule has 12 heteroatoms. The molecule has 4 amide bonds. The number of benzene rings is 3. The molecule has 6 N–H and O–H groups in total. The summed E-state index contributed by atoms with van der Waals surface area (Å²) in [5, 5.41) is 20.0. The molecular formula is C35H41N5O6S. The van der Waals surface area contributed by atoms with Crippen molar-refractivity contribution in [2.75, 3.05) is 0 Å². The summed E-state index contributed by atoms with van der Waals surface area (Å²) in [5.74, 6) is -1.70. The number of thiazole rings is 1. The number of nitrogens with two attached hydrogens (primary N) is 1. The summed E-state index contributed by atoms with van der Waals surface area (Å²) in [5.41, 5.74) is 7.70. The molecule has 0 radical (unpaired) electrons. The first-order chi connectivity index (χ1) is 22.6. The fourth-order valence-electron chi connectivity index (χ4n) is 5.02. The van der Waals surface area contributed by atoms with Gasteiger partial charge in [0.1, 0.15) is 29.8 Å². The van der Waals surface area contributed by atoms with Crippen molar-refractivity contribution in [2.24, 2.45) is 11.7 Å². The highest BCUT2D eigenvalue weighted by molar-refractivity contribution is 7.18. The van der Waals surface area contributed by atoms with E-state index in [0.717, 1.165) is 15.8 Å². The molecule has 0 saturated heterocycles. The number of aliphatic hydroxyl groups is 1. The molecule has 47 heavy (non-hydrogen) atoms. The predicted octanol–water partition coefficient (Wildman–Crippen LogP) is 4.15. The molecular weight excluding hydrogens is 618 g/mol. The minimum absolute atomic E-state index is 0.0312. The van der Waals surface area contributed by atoms with Gasteiger partial charge in [0.15, 0.2) is 0 Å². The lowest BCUT2D eigenvalue weighted by atomic mass is 10.00. The Morgan fingerprint density at radius 3 is 2.09 bits per heavy atom. The van der Waals surface area contributed by atoms with E-state index in [-0.39, 0.29) is 31.8 Å². The molecule has 0 bridgehead atoms. The van der Waals surface area contributed by atoms with Gasteiger partial charge in [-0.2, -0.15) is 0 Å². The molecule has 1 unspecified atom stereocenters. The van der Waals surface area contributed by atoms with Crippen molar-refractivity contribution in [1.82, 2.24) is 20.9 Å². The molecule has 0 spiro atoms. The summed E-state index contributed by atoms with van der Waals surface area (Å²) >= 11 is 1.28. The molecule has 1 aromatic heterocycles. The number of hydrogen-bond acceptors (Lipinski definition) is 8. The number of alkyl carbamates (subject to hydrolysis) is 1. The van der Waals surface area contributed by atoms with Gasteiger partial charge < -0.3 is 31.5 Å². The van der Waals surface area contributed by atoms with E-state index in [1.54, 1.807) is 0 Å². The predicted molar refractivity (Wildman–Crippen MR) is 180 cm³/mol. The second-order valence-corrected chi connectivity index (χ2v) is 12.8. The molecule has 0 fully saturated rings. The van der Waals surface area contributed by atoms with Crippen LogP contribution >= 0.6 is 11.3 Å². The van der Waals surface area contributed by atoms with E-state index in [1.165, 1.54) is 11.3 Å². The quantitative estimate of drug-likeness (QED) is 0.120. The molecule has 4 aromatic rings. The van der Waals surface area contributed by atoms with Crippen molar-refractivity contribution >= 4 is 45.4 Å². The van der Waals surface area contributed by atoms with Gasteiger partial charge in [0.05, 0.1) is 16.3 Å². The van der Waals surface area contributed by atoms with Gasteiger partial charge in [0.2, 0.25) is 17.7 Å². The second kappa shape index (κ2) is 17.2. The maximum absolute atomic E-state index is 13.9. The number of aromatic nitrogens is 1. The highest BCUT2D eigenvalue weighted by Crippen LogP contribution is 2.29. The van der Waals surface area contributed by atoms with Gasteiger partial charge in [-0.3, -0.25) is 14.4 Å². The molecule has 0 saturated carbocycles. The Bertz CT molecular complexity index is 1600. The van der Waals surface area contributed by atoms with Crippen LogP contribution in [0, 0.1) is 5.92 Å². The van der Waals surface area contributed by atoms with Crippen LogP contribution in [0.15, 0.2) is 84.9 Å². The van der Waals surface area contributed by atoms with Crippen molar-refractivity contribution in [3.05, 3.63) is 101 Å². The van der Waals surface area contributed by atoms with E-state index < -0.39 is 48.0 Å². The summed E-state index contributed by atoms with van der Waals surface area (Å²) < 4.78 is 6.21. The number of hydrogen-bond donors (Lipinski definition) is 5. The Morgan fingerprint density at radius 2 is 1.45 bits per heavy atom. The van der Waals surface area contributed by atoms with Crippen molar-refractivity contribution in [3.63, 3.8) is 0 Å². The lowest BCUT2D eigenvalue weighted by molar-refractivity contribution is -0.131.